The molecule has 0 saturated carbocycles. The van der Waals surface area contributed by atoms with Crippen LogP contribution in [0.4, 0.5) is 0 Å². The quantitative estimate of drug-likeness (QED) is 0.744. The average Bonchev–Trinajstić information content (AvgIpc) is 3.04. The SMILES string of the molecule is CC[C@@H](NC(=O)c1cc2cccc(OC)c2o1)c1ccc(C)cc1. The Morgan fingerprint density at radius 3 is 2.62 bits per heavy atom. The highest BCUT2D eigenvalue weighted by Gasteiger charge is 2.18. The highest BCUT2D eigenvalue weighted by atomic mass is 16.5. The lowest BCUT2D eigenvalue weighted by Crippen LogP contribution is -2.27. The topological polar surface area (TPSA) is 51.5 Å². The summed E-state index contributed by atoms with van der Waals surface area (Å²) in [6.45, 7) is 4.09. The van der Waals surface area contributed by atoms with E-state index in [1.165, 1.54) is 5.56 Å². The van der Waals surface area contributed by atoms with Gasteiger partial charge in [-0.3, -0.25) is 4.79 Å². The summed E-state index contributed by atoms with van der Waals surface area (Å²) >= 11 is 0. The number of furan rings is 1. The molecule has 0 fully saturated rings. The molecule has 1 heterocycles. The number of methoxy groups -OCH3 is 1. The second-order valence-corrected chi connectivity index (χ2v) is 5.83. The fourth-order valence-electron chi connectivity index (χ4n) is 2.76. The lowest BCUT2D eigenvalue weighted by atomic mass is 10.0. The van der Waals surface area contributed by atoms with E-state index in [9.17, 15) is 4.79 Å². The van der Waals surface area contributed by atoms with Gasteiger partial charge >= 0.3 is 0 Å². The number of benzene rings is 2. The van der Waals surface area contributed by atoms with Gasteiger partial charge in [0.2, 0.25) is 0 Å². The molecule has 24 heavy (non-hydrogen) atoms. The fraction of sp³-hybridized carbons (Fsp3) is 0.250. The van der Waals surface area contributed by atoms with Crippen LogP contribution in [0.5, 0.6) is 5.75 Å². The average molecular weight is 323 g/mol. The van der Waals surface area contributed by atoms with Crippen LogP contribution < -0.4 is 10.1 Å². The molecule has 0 aliphatic heterocycles. The van der Waals surface area contributed by atoms with Crippen LogP contribution in [-0.4, -0.2) is 13.0 Å². The summed E-state index contributed by atoms with van der Waals surface area (Å²) in [5.41, 5.74) is 2.88. The third-order valence-corrected chi connectivity index (χ3v) is 4.14. The smallest absolute Gasteiger partial charge is 0.287 e. The number of hydrogen-bond donors (Lipinski definition) is 1. The summed E-state index contributed by atoms with van der Waals surface area (Å²) in [4.78, 5) is 12.6. The van der Waals surface area contributed by atoms with Crippen LogP contribution in [0.25, 0.3) is 11.0 Å². The van der Waals surface area contributed by atoms with Gasteiger partial charge in [0.05, 0.1) is 13.2 Å². The Balaban J connectivity index is 1.84. The zero-order chi connectivity index (χ0) is 17.1. The number of hydrogen-bond acceptors (Lipinski definition) is 3. The van der Waals surface area contributed by atoms with Crippen molar-refractivity contribution >= 4 is 16.9 Å². The van der Waals surface area contributed by atoms with Crippen molar-refractivity contribution in [2.24, 2.45) is 0 Å². The van der Waals surface area contributed by atoms with Crippen molar-refractivity contribution in [3.63, 3.8) is 0 Å². The van der Waals surface area contributed by atoms with E-state index < -0.39 is 0 Å². The normalized spacial score (nSPS) is 12.1. The largest absolute Gasteiger partial charge is 0.493 e. The summed E-state index contributed by atoms with van der Waals surface area (Å²) in [5.74, 6) is 0.692. The first-order valence-corrected chi connectivity index (χ1v) is 8.06. The Morgan fingerprint density at radius 2 is 1.96 bits per heavy atom. The Kier molecular flexibility index (Phi) is 4.56. The minimum absolute atomic E-state index is 0.0480. The fourth-order valence-corrected chi connectivity index (χ4v) is 2.76. The van der Waals surface area contributed by atoms with Gasteiger partial charge in [0, 0.05) is 5.39 Å². The van der Waals surface area contributed by atoms with E-state index in [0.29, 0.717) is 17.1 Å². The first-order valence-electron chi connectivity index (χ1n) is 8.06. The molecular formula is C20H21NO3. The highest BCUT2D eigenvalue weighted by molar-refractivity contribution is 5.97. The maximum atomic E-state index is 12.6. The number of carbonyl (C=O) groups excluding carboxylic acids is 1. The molecule has 0 aliphatic rings. The van der Waals surface area contributed by atoms with E-state index in [1.807, 2.05) is 44.2 Å². The molecule has 1 atom stereocenters. The predicted octanol–water partition coefficient (Wildman–Crippen LogP) is 4.63. The number of amides is 1. The van der Waals surface area contributed by atoms with Crippen LogP contribution in [0.1, 0.15) is 41.1 Å². The monoisotopic (exact) mass is 323 g/mol. The van der Waals surface area contributed by atoms with E-state index in [-0.39, 0.29) is 11.9 Å². The Labute approximate surface area is 141 Å². The summed E-state index contributed by atoms with van der Waals surface area (Å²) in [6.07, 6.45) is 0.804. The standard InChI is InChI=1S/C20H21NO3/c1-4-16(14-10-8-13(2)9-11-14)21-20(22)18-12-15-6-5-7-17(23-3)19(15)24-18/h5-12,16H,4H2,1-3H3,(H,21,22)/t16-/m1/s1. The third kappa shape index (κ3) is 3.13. The molecule has 3 rings (SSSR count). The Hall–Kier alpha value is -2.75. The lowest BCUT2D eigenvalue weighted by molar-refractivity contribution is 0.0909. The van der Waals surface area contributed by atoms with Crippen molar-refractivity contribution in [3.8, 4) is 5.75 Å². The molecule has 1 N–H and O–H groups in total. The zero-order valence-corrected chi connectivity index (χ0v) is 14.1. The highest BCUT2D eigenvalue weighted by Crippen LogP contribution is 2.29. The van der Waals surface area contributed by atoms with Gasteiger partial charge in [0.15, 0.2) is 17.1 Å². The van der Waals surface area contributed by atoms with E-state index in [0.717, 1.165) is 17.4 Å². The molecule has 0 bridgehead atoms. The maximum absolute atomic E-state index is 12.6. The van der Waals surface area contributed by atoms with Gasteiger partial charge in [-0.2, -0.15) is 0 Å². The summed E-state index contributed by atoms with van der Waals surface area (Å²) in [7, 11) is 1.58. The second kappa shape index (κ2) is 6.79. The van der Waals surface area contributed by atoms with E-state index >= 15 is 0 Å². The number of nitrogens with one attached hydrogen (secondary N) is 1. The molecule has 0 unspecified atom stereocenters. The van der Waals surface area contributed by atoms with Gasteiger partial charge in [0.25, 0.3) is 5.91 Å². The number of fused-ring (bicyclic) bond motifs is 1. The first-order chi connectivity index (χ1) is 11.6. The molecule has 3 aromatic rings. The van der Waals surface area contributed by atoms with Crippen molar-refractivity contribution in [3.05, 3.63) is 65.4 Å². The molecule has 0 radical (unpaired) electrons. The van der Waals surface area contributed by atoms with E-state index in [2.05, 4.69) is 17.4 Å². The molecule has 1 aromatic heterocycles. The van der Waals surface area contributed by atoms with Gasteiger partial charge in [0.1, 0.15) is 0 Å². The second-order valence-electron chi connectivity index (χ2n) is 5.83. The van der Waals surface area contributed by atoms with Crippen molar-refractivity contribution in [1.29, 1.82) is 0 Å². The minimum Gasteiger partial charge on any atom is -0.493 e. The van der Waals surface area contributed by atoms with Crippen molar-refractivity contribution in [2.75, 3.05) is 7.11 Å². The van der Waals surface area contributed by atoms with Crippen LogP contribution in [0.15, 0.2) is 52.9 Å². The first kappa shape index (κ1) is 16.1. The minimum atomic E-state index is -0.222. The van der Waals surface area contributed by atoms with Crippen molar-refractivity contribution in [1.82, 2.24) is 5.32 Å². The molecule has 0 spiro atoms. The number of para-hydroxylation sites is 1. The molecule has 0 saturated heterocycles. The van der Waals surface area contributed by atoms with Gasteiger partial charge in [-0.15, -0.1) is 0 Å². The number of carbonyl (C=O) groups is 1. The van der Waals surface area contributed by atoms with Crippen LogP contribution in [0.3, 0.4) is 0 Å². The number of rotatable bonds is 5. The van der Waals surface area contributed by atoms with Gasteiger partial charge in [-0.1, -0.05) is 48.9 Å². The van der Waals surface area contributed by atoms with Gasteiger partial charge < -0.3 is 14.5 Å². The van der Waals surface area contributed by atoms with Crippen molar-refractivity contribution < 1.29 is 13.9 Å². The predicted molar refractivity (Wildman–Crippen MR) is 94.4 cm³/mol. The van der Waals surface area contributed by atoms with Crippen LogP contribution >= 0.6 is 0 Å². The summed E-state index contributed by atoms with van der Waals surface area (Å²) < 4.78 is 11.0. The number of aryl methyl sites for hydroxylation is 1. The van der Waals surface area contributed by atoms with E-state index in [4.69, 9.17) is 9.15 Å². The van der Waals surface area contributed by atoms with Gasteiger partial charge in [-0.05, 0) is 31.0 Å². The number of ether oxygens (including phenoxy) is 1. The zero-order valence-electron chi connectivity index (χ0n) is 14.1. The van der Waals surface area contributed by atoms with Crippen LogP contribution in [-0.2, 0) is 0 Å². The molecular weight excluding hydrogens is 302 g/mol. The molecule has 124 valence electrons. The molecule has 0 aliphatic carbocycles. The Morgan fingerprint density at radius 1 is 1.21 bits per heavy atom. The summed E-state index contributed by atoms with van der Waals surface area (Å²) in [5, 5.41) is 3.89. The van der Waals surface area contributed by atoms with Gasteiger partial charge in [-0.25, -0.2) is 0 Å². The molecule has 2 aromatic carbocycles. The molecule has 1 amide bonds. The molecule has 4 heteroatoms. The third-order valence-electron chi connectivity index (χ3n) is 4.14. The summed E-state index contributed by atoms with van der Waals surface area (Å²) in [6, 6.07) is 15.5. The van der Waals surface area contributed by atoms with E-state index in [1.54, 1.807) is 13.2 Å². The maximum Gasteiger partial charge on any atom is 0.287 e. The van der Waals surface area contributed by atoms with Crippen molar-refractivity contribution in [2.45, 2.75) is 26.3 Å². The molecule has 4 nitrogen and oxygen atoms in total. The lowest BCUT2D eigenvalue weighted by Gasteiger charge is -2.16. The van der Waals surface area contributed by atoms with Crippen LogP contribution in [0.2, 0.25) is 0 Å². The Bertz CT molecular complexity index is 849. The van der Waals surface area contributed by atoms with Crippen LogP contribution in [0, 0.1) is 6.92 Å².